The Balaban J connectivity index is 1.01. The molecule has 6 nitrogen and oxygen atoms in total. The molecule has 2 aliphatic rings. The Bertz CT molecular complexity index is 4820. The maximum absolute atomic E-state index is 4.16. The highest BCUT2D eigenvalue weighted by Crippen LogP contribution is 2.48. The summed E-state index contributed by atoms with van der Waals surface area (Å²) < 4.78 is 10.2. The summed E-state index contributed by atoms with van der Waals surface area (Å²) in [5.74, 6) is 0. The van der Waals surface area contributed by atoms with Gasteiger partial charge in [0.15, 0.2) is 6.17 Å². The monoisotopic (exact) mass is 1000 g/mol. The van der Waals surface area contributed by atoms with Gasteiger partial charge < -0.3 is 28.5 Å². The van der Waals surface area contributed by atoms with E-state index in [0.29, 0.717) is 0 Å². The Kier molecular flexibility index (Phi) is 10.00. The van der Waals surface area contributed by atoms with Crippen LogP contribution in [0, 0.1) is 6.92 Å². The van der Waals surface area contributed by atoms with E-state index in [1.807, 2.05) is 0 Å². The lowest BCUT2D eigenvalue weighted by atomic mass is 9.94. The fraction of sp³-hybridized carbons (Fsp3) is 0.0833. The quantitative estimate of drug-likeness (QED) is 0.164. The van der Waals surface area contributed by atoms with Crippen LogP contribution in [0.25, 0.3) is 110 Å². The summed E-state index contributed by atoms with van der Waals surface area (Å²) in [6.45, 7) is 2.32. The molecule has 0 saturated heterocycles. The van der Waals surface area contributed by atoms with E-state index in [1.54, 1.807) is 0 Å². The summed E-state index contributed by atoms with van der Waals surface area (Å²) >= 11 is 0. The SMILES string of the molecule is Cc1cc2c(c3c(C4=CC(c5ccccc5)[NH+](C)C(c5ccccc5)N4)cccc3n2-c2ccccc2)c2c1c1cc(-n3c4ccccc4c4c3ccc3c5ccccc5n(C5C=CC=CC5)c34)ccc1n2-c1ccccc1. The van der Waals surface area contributed by atoms with Crippen molar-refractivity contribution >= 4 is 92.9 Å². The van der Waals surface area contributed by atoms with Crippen LogP contribution >= 0.6 is 0 Å². The lowest BCUT2D eigenvalue weighted by Crippen LogP contribution is -3.11. The van der Waals surface area contributed by atoms with E-state index in [0.717, 1.165) is 29.2 Å². The molecule has 0 spiro atoms. The zero-order valence-electron chi connectivity index (χ0n) is 43.5. The van der Waals surface area contributed by atoms with Crippen LogP contribution in [0.1, 0.15) is 46.9 Å². The van der Waals surface area contributed by atoms with Gasteiger partial charge in [-0.1, -0.05) is 176 Å². The number of likely N-dealkylation sites (N-methyl/N-ethyl adjacent to an activating group) is 1. The molecule has 78 heavy (non-hydrogen) atoms. The number of aryl methyl sites for hydroxylation is 1. The standard InChI is InChI=1S/C72H54N6/c1-46-43-65-69(67-55(35-22-38-62(67)75(65)49-27-12-5-13-28-49)58-45-64(47-23-8-3-9-24-47)74(2)72(73-58)48-25-10-4-11-26-48)71-66(46)57-44-52(39-41-61(57)78(71)51-31-16-7-17-32-51)76-60-37-21-19-34-56(60)68-63(76)42-40-54-53-33-18-20-36-59(53)77(70(54)68)50-29-14-6-15-30-50/h3-29,31-45,50,64,72-73H,30H2,1-2H3/p+1. The molecule has 0 amide bonds. The van der Waals surface area contributed by atoms with E-state index in [2.05, 4.69) is 292 Å². The van der Waals surface area contributed by atoms with Gasteiger partial charge in [0.25, 0.3) is 0 Å². The van der Waals surface area contributed by atoms with Crippen molar-refractivity contribution < 1.29 is 4.90 Å². The molecular weight excluding hydrogens is 949 g/mol. The van der Waals surface area contributed by atoms with Crippen molar-refractivity contribution in [2.75, 3.05) is 7.05 Å². The molecule has 5 heterocycles. The van der Waals surface area contributed by atoms with Gasteiger partial charge >= 0.3 is 0 Å². The summed E-state index contributed by atoms with van der Waals surface area (Å²) in [5.41, 5.74) is 19.2. The first-order chi connectivity index (χ1) is 38.6. The lowest BCUT2D eigenvalue weighted by Gasteiger charge is -2.37. The summed E-state index contributed by atoms with van der Waals surface area (Å²) in [6.07, 6.45) is 12.5. The Morgan fingerprint density at radius 1 is 0.436 bits per heavy atom. The van der Waals surface area contributed by atoms with Gasteiger partial charge in [-0.3, -0.25) is 0 Å². The van der Waals surface area contributed by atoms with Crippen molar-refractivity contribution in [1.29, 1.82) is 0 Å². The van der Waals surface area contributed by atoms with Crippen molar-refractivity contribution in [3.05, 3.63) is 277 Å². The Morgan fingerprint density at radius 2 is 1.05 bits per heavy atom. The highest BCUT2D eigenvalue weighted by atomic mass is 15.3. The van der Waals surface area contributed by atoms with Gasteiger partial charge in [-0.05, 0) is 91.7 Å². The van der Waals surface area contributed by atoms with Gasteiger partial charge in [0, 0.05) is 94.1 Å². The van der Waals surface area contributed by atoms with Crippen LogP contribution in [0.4, 0.5) is 0 Å². The molecule has 4 aromatic heterocycles. The van der Waals surface area contributed by atoms with Crippen LogP contribution in [-0.4, -0.2) is 25.3 Å². The smallest absolute Gasteiger partial charge is 0.187 e. The second kappa shape index (κ2) is 17.5. The van der Waals surface area contributed by atoms with E-state index in [1.165, 1.54) is 114 Å². The average Bonchev–Trinajstić information content (AvgIpc) is 4.33. The molecular formula is C72H55N6+. The van der Waals surface area contributed by atoms with Gasteiger partial charge in [-0.2, -0.15) is 0 Å². The molecule has 2 N–H and O–H groups in total. The maximum Gasteiger partial charge on any atom is 0.187 e. The van der Waals surface area contributed by atoms with Crippen molar-refractivity contribution in [3.8, 4) is 17.1 Å². The van der Waals surface area contributed by atoms with Gasteiger partial charge in [0.05, 0.1) is 51.7 Å². The molecule has 10 aromatic carbocycles. The minimum Gasteiger partial charge on any atom is -0.333 e. The number of rotatable bonds is 7. The summed E-state index contributed by atoms with van der Waals surface area (Å²) in [6, 6.07) is 83.6. The van der Waals surface area contributed by atoms with Crippen molar-refractivity contribution in [3.63, 3.8) is 0 Å². The number of benzene rings is 10. The molecule has 4 unspecified atom stereocenters. The van der Waals surface area contributed by atoms with E-state index < -0.39 is 0 Å². The van der Waals surface area contributed by atoms with Crippen LogP contribution in [0.15, 0.2) is 255 Å². The average molecular weight is 1000 g/mol. The molecule has 14 aromatic rings. The molecule has 1 aliphatic carbocycles. The topological polar surface area (TPSA) is 36.2 Å². The number of nitrogens with zero attached hydrogens (tertiary/aromatic N) is 4. The molecule has 372 valence electrons. The zero-order valence-corrected chi connectivity index (χ0v) is 43.5. The summed E-state index contributed by atoms with van der Waals surface area (Å²) in [4.78, 5) is 1.38. The fourth-order valence-corrected chi connectivity index (χ4v) is 13.9. The minimum absolute atomic E-state index is 0.00661. The third-order valence-electron chi connectivity index (χ3n) is 17.2. The number of aromatic nitrogens is 4. The van der Waals surface area contributed by atoms with E-state index in [4.69, 9.17) is 0 Å². The molecule has 16 rings (SSSR count). The normalized spacial score (nSPS) is 17.6. The number of allylic oxidation sites excluding steroid dienone is 4. The van der Waals surface area contributed by atoms with Crippen LogP contribution in [0.5, 0.6) is 0 Å². The van der Waals surface area contributed by atoms with Crippen molar-refractivity contribution in [1.82, 2.24) is 23.6 Å². The number of para-hydroxylation sites is 4. The fourth-order valence-electron chi connectivity index (χ4n) is 13.9. The second-order valence-corrected chi connectivity index (χ2v) is 21.5. The Morgan fingerprint density at radius 3 is 1.79 bits per heavy atom. The molecule has 0 fully saturated rings. The zero-order chi connectivity index (χ0) is 51.6. The number of hydrogen-bond acceptors (Lipinski definition) is 1. The van der Waals surface area contributed by atoms with Crippen LogP contribution in [-0.2, 0) is 0 Å². The van der Waals surface area contributed by atoms with Crippen LogP contribution in [0.3, 0.4) is 0 Å². The predicted molar refractivity (Wildman–Crippen MR) is 325 cm³/mol. The summed E-state index contributed by atoms with van der Waals surface area (Å²) in [5, 5.41) is 14.2. The van der Waals surface area contributed by atoms with Crippen LogP contribution < -0.4 is 10.2 Å². The number of nitrogens with one attached hydrogen (secondary N) is 2. The van der Waals surface area contributed by atoms with E-state index in [-0.39, 0.29) is 18.2 Å². The molecule has 4 atom stereocenters. The summed E-state index contributed by atoms with van der Waals surface area (Å²) in [7, 11) is 2.32. The molecule has 0 radical (unpaired) electrons. The van der Waals surface area contributed by atoms with Crippen LogP contribution in [0.2, 0.25) is 0 Å². The molecule has 1 aliphatic heterocycles. The van der Waals surface area contributed by atoms with E-state index >= 15 is 0 Å². The highest BCUT2D eigenvalue weighted by molar-refractivity contribution is 6.29. The van der Waals surface area contributed by atoms with Crippen molar-refractivity contribution in [2.45, 2.75) is 31.6 Å². The minimum atomic E-state index is 0.00661. The van der Waals surface area contributed by atoms with Gasteiger partial charge in [0.1, 0.15) is 6.04 Å². The molecule has 0 bridgehead atoms. The third-order valence-corrected chi connectivity index (χ3v) is 17.2. The lowest BCUT2D eigenvalue weighted by molar-refractivity contribution is -0.941. The van der Waals surface area contributed by atoms with Gasteiger partial charge in [-0.15, -0.1) is 0 Å². The number of quaternary nitrogens is 1. The van der Waals surface area contributed by atoms with Crippen molar-refractivity contribution in [2.24, 2.45) is 0 Å². The first-order valence-electron chi connectivity index (χ1n) is 27.5. The maximum atomic E-state index is 4.16. The second-order valence-electron chi connectivity index (χ2n) is 21.5. The molecule has 0 saturated carbocycles. The Labute approximate surface area is 451 Å². The first-order valence-corrected chi connectivity index (χ1v) is 27.5. The number of fused-ring (bicyclic) bond motifs is 14. The van der Waals surface area contributed by atoms with Gasteiger partial charge in [0.2, 0.25) is 0 Å². The number of hydrogen-bond donors (Lipinski definition) is 2. The highest BCUT2D eigenvalue weighted by Gasteiger charge is 2.35. The predicted octanol–water partition coefficient (Wildman–Crippen LogP) is 16.4. The van der Waals surface area contributed by atoms with E-state index in [9.17, 15) is 0 Å². The third kappa shape index (κ3) is 6.53. The largest absolute Gasteiger partial charge is 0.333 e. The Hall–Kier alpha value is -9.62. The van der Waals surface area contributed by atoms with Gasteiger partial charge in [-0.25, -0.2) is 0 Å². The molecule has 6 heteroatoms. The first kappa shape index (κ1) is 44.7.